The summed E-state index contributed by atoms with van der Waals surface area (Å²) in [5.41, 5.74) is 0.849. The van der Waals surface area contributed by atoms with E-state index in [-0.39, 0.29) is 11.0 Å². The van der Waals surface area contributed by atoms with Crippen LogP contribution in [0.5, 0.6) is 5.75 Å². The van der Waals surface area contributed by atoms with Crippen LogP contribution < -0.4 is 15.6 Å². The number of hydrogen-bond donors (Lipinski definition) is 1. The van der Waals surface area contributed by atoms with E-state index in [1.807, 2.05) is 12.1 Å². The van der Waals surface area contributed by atoms with Gasteiger partial charge in [-0.3, -0.25) is 14.2 Å². The van der Waals surface area contributed by atoms with Gasteiger partial charge >= 0.3 is 5.97 Å². The molecule has 0 saturated heterocycles. The van der Waals surface area contributed by atoms with Crippen LogP contribution in [0.25, 0.3) is 0 Å². The highest BCUT2D eigenvalue weighted by Gasteiger charge is 2.36. The van der Waals surface area contributed by atoms with Gasteiger partial charge in [0, 0.05) is 6.54 Å². The van der Waals surface area contributed by atoms with Crippen molar-refractivity contribution in [1.29, 1.82) is 0 Å². The van der Waals surface area contributed by atoms with E-state index < -0.39 is 23.4 Å². The van der Waals surface area contributed by atoms with Gasteiger partial charge in [0.05, 0.1) is 19.9 Å². The molecule has 0 amide bonds. The topological polar surface area (TPSA) is 99.5 Å². The summed E-state index contributed by atoms with van der Waals surface area (Å²) in [5.74, 6) is -1.02. The molecule has 0 unspecified atom stereocenters. The number of halogens is 1. The molecule has 1 aromatic carbocycles. The molecule has 9 heteroatoms. The first-order chi connectivity index (χ1) is 13.0. The third-order valence-electron chi connectivity index (χ3n) is 4.43. The zero-order chi connectivity index (χ0) is 19.6. The lowest BCUT2D eigenvalue weighted by Gasteiger charge is -2.15. The molecule has 1 aliphatic rings. The van der Waals surface area contributed by atoms with Crippen LogP contribution in [-0.4, -0.2) is 35.5 Å². The lowest BCUT2D eigenvalue weighted by atomic mass is 10.1. The zero-order valence-electron chi connectivity index (χ0n) is 14.8. The summed E-state index contributed by atoms with van der Waals surface area (Å²) in [6.45, 7) is 0.331. The molecule has 0 spiro atoms. The molecule has 0 fully saturated rings. The van der Waals surface area contributed by atoms with Crippen molar-refractivity contribution in [1.82, 2.24) is 9.55 Å². The van der Waals surface area contributed by atoms with E-state index in [2.05, 4.69) is 15.0 Å². The van der Waals surface area contributed by atoms with Crippen molar-refractivity contribution < 1.29 is 19.1 Å². The first-order valence-corrected chi connectivity index (χ1v) is 8.64. The summed E-state index contributed by atoms with van der Waals surface area (Å²) in [6, 6.07) is 6.38. The fourth-order valence-corrected chi connectivity index (χ4v) is 3.30. The van der Waals surface area contributed by atoms with Crippen molar-refractivity contribution in [2.24, 2.45) is 0 Å². The van der Waals surface area contributed by atoms with E-state index in [4.69, 9.17) is 16.3 Å². The second-order valence-electron chi connectivity index (χ2n) is 5.99. The first-order valence-electron chi connectivity index (χ1n) is 8.26. The summed E-state index contributed by atoms with van der Waals surface area (Å²) in [6.07, 6.45) is 0.680. The van der Waals surface area contributed by atoms with Crippen LogP contribution in [0.3, 0.4) is 0 Å². The van der Waals surface area contributed by atoms with Gasteiger partial charge in [-0.25, -0.2) is 9.78 Å². The van der Waals surface area contributed by atoms with Crippen LogP contribution in [0.4, 0.5) is 5.82 Å². The Kier molecular flexibility index (Phi) is 5.46. The van der Waals surface area contributed by atoms with Crippen molar-refractivity contribution >= 4 is 29.2 Å². The normalized spacial score (nSPS) is 15.1. The molecule has 0 saturated carbocycles. The van der Waals surface area contributed by atoms with Gasteiger partial charge in [0.25, 0.3) is 11.3 Å². The molecule has 142 valence electrons. The number of aromatic nitrogens is 2. The largest absolute Gasteiger partial charge is 0.497 e. The first kappa shape index (κ1) is 18.9. The Bertz CT molecular complexity index is 939. The van der Waals surface area contributed by atoms with Crippen molar-refractivity contribution in [2.75, 3.05) is 19.5 Å². The molecule has 2 aromatic rings. The van der Waals surface area contributed by atoms with Crippen LogP contribution in [-0.2, 0) is 27.3 Å². The summed E-state index contributed by atoms with van der Waals surface area (Å²) in [7, 11) is 2.71. The number of rotatable bonds is 6. The maximum Gasteiger partial charge on any atom is 0.376 e. The molecule has 2 heterocycles. The number of benzene rings is 1. The highest BCUT2D eigenvalue weighted by molar-refractivity contribution is 6.35. The fourth-order valence-electron chi connectivity index (χ4n) is 3.03. The number of anilines is 1. The number of Topliss-reactive ketones (excluding diaryl/α,β-unsaturated/α-hetero) is 1. The Balaban J connectivity index is 1.87. The number of carbonyl (C=O) groups is 2. The van der Waals surface area contributed by atoms with Crippen LogP contribution >= 0.6 is 11.6 Å². The molecule has 1 aromatic heterocycles. The zero-order valence-corrected chi connectivity index (χ0v) is 15.6. The molecule has 0 bridgehead atoms. The lowest BCUT2D eigenvalue weighted by Crippen LogP contribution is -2.34. The fraction of sp³-hybridized carbons (Fsp3) is 0.333. The number of fused-ring (bicyclic) bond motifs is 1. The second kappa shape index (κ2) is 7.79. The number of esters is 1. The highest BCUT2D eigenvalue weighted by Crippen LogP contribution is 2.29. The van der Waals surface area contributed by atoms with E-state index in [9.17, 15) is 14.4 Å². The van der Waals surface area contributed by atoms with Gasteiger partial charge in [0.15, 0.2) is 11.0 Å². The van der Waals surface area contributed by atoms with Crippen LogP contribution in [0.15, 0.2) is 29.1 Å². The predicted molar refractivity (Wildman–Crippen MR) is 98.2 cm³/mol. The molecule has 8 nitrogen and oxygen atoms in total. The minimum Gasteiger partial charge on any atom is -0.497 e. The Morgan fingerprint density at radius 2 is 2.00 bits per heavy atom. The number of carbonyl (C=O) groups excluding carboxylic acids is 2. The average Bonchev–Trinajstić information content (AvgIpc) is 3.14. The van der Waals surface area contributed by atoms with Gasteiger partial charge in [0.2, 0.25) is 0 Å². The third-order valence-corrected chi connectivity index (χ3v) is 4.74. The molecule has 0 aliphatic carbocycles. The second-order valence-corrected chi connectivity index (χ2v) is 6.34. The van der Waals surface area contributed by atoms with Crippen molar-refractivity contribution in [3.8, 4) is 5.75 Å². The molecular weight excluding hydrogens is 374 g/mol. The Morgan fingerprint density at radius 1 is 1.30 bits per heavy atom. The van der Waals surface area contributed by atoms with Crippen molar-refractivity contribution in [2.45, 2.75) is 25.4 Å². The maximum atomic E-state index is 12.8. The molecule has 1 aliphatic heterocycles. The van der Waals surface area contributed by atoms with Gasteiger partial charge in [-0.2, -0.15) is 0 Å². The molecule has 1 atom stereocenters. The van der Waals surface area contributed by atoms with E-state index in [0.717, 1.165) is 18.4 Å². The minimum absolute atomic E-state index is 0.0177. The lowest BCUT2D eigenvalue weighted by molar-refractivity contribution is -0.153. The number of nitrogens with zero attached hydrogens (tertiary/aromatic N) is 2. The maximum absolute atomic E-state index is 12.8. The van der Waals surface area contributed by atoms with Crippen LogP contribution in [0.2, 0.25) is 5.15 Å². The highest BCUT2D eigenvalue weighted by atomic mass is 35.5. The number of nitrogens with one attached hydrogen (secondary N) is 1. The van der Waals surface area contributed by atoms with Gasteiger partial charge in [-0.1, -0.05) is 23.7 Å². The van der Waals surface area contributed by atoms with E-state index in [1.165, 1.54) is 4.57 Å². The average molecular weight is 392 g/mol. The predicted octanol–water partition coefficient (Wildman–Crippen LogP) is 1.75. The monoisotopic (exact) mass is 391 g/mol. The van der Waals surface area contributed by atoms with Crippen LogP contribution in [0.1, 0.15) is 23.7 Å². The Labute approximate surface area is 160 Å². The summed E-state index contributed by atoms with van der Waals surface area (Å²) >= 11 is 6.20. The molecular formula is C18H18ClN3O5. The number of hydrogen-bond acceptors (Lipinski definition) is 7. The quantitative estimate of drug-likeness (QED) is 0.591. The number of methoxy groups -OCH3 is 2. The number of ether oxygens (including phenoxy) is 2. The third kappa shape index (κ3) is 3.66. The van der Waals surface area contributed by atoms with E-state index in [0.29, 0.717) is 25.1 Å². The summed E-state index contributed by atoms with van der Waals surface area (Å²) < 4.78 is 10.8. The number of ketones is 1. The Hall–Kier alpha value is -2.87. The van der Waals surface area contributed by atoms with E-state index in [1.54, 1.807) is 19.2 Å². The van der Waals surface area contributed by atoms with Gasteiger partial charge in [-0.15, -0.1) is 0 Å². The van der Waals surface area contributed by atoms with Crippen LogP contribution in [0, 0.1) is 0 Å². The minimum atomic E-state index is -0.986. The standard InChI is InChI=1S/C18H18ClN3O5/c1-26-11-5-3-10(4-6-11)9-20-16-17(24)22-12(14(23)18(25)27-2)7-8-13(22)15(19)21-16/h3-6,12H,7-9H2,1-2H3,(H,20,21)/t12-/m0/s1. The molecule has 0 radical (unpaired) electrons. The van der Waals surface area contributed by atoms with Gasteiger partial charge in [-0.05, 0) is 30.5 Å². The molecule has 3 rings (SSSR count). The smallest absolute Gasteiger partial charge is 0.376 e. The molecule has 1 N–H and O–H groups in total. The van der Waals surface area contributed by atoms with Gasteiger partial charge < -0.3 is 14.8 Å². The Morgan fingerprint density at radius 3 is 2.63 bits per heavy atom. The summed E-state index contributed by atoms with van der Waals surface area (Å²) in [5, 5.41) is 3.07. The van der Waals surface area contributed by atoms with Crippen molar-refractivity contribution in [3.63, 3.8) is 0 Å². The van der Waals surface area contributed by atoms with E-state index >= 15 is 0 Å². The van der Waals surface area contributed by atoms with Gasteiger partial charge in [0.1, 0.15) is 11.8 Å². The molecule has 27 heavy (non-hydrogen) atoms. The van der Waals surface area contributed by atoms with Crippen molar-refractivity contribution in [3.05, 3.63) is 51.0 Å². The SMILES string of the molecule is COC(=O)C(=O)[C@@H]1CCc2c(Cl)nc(NCc3ccc(OC)cc3)c(=O)n21. The summed E-state index contributed by atoms with van der Waals surface area (Å²) in [4.78, 5) is 40.8.